The standard InChI is InChI=1S/C9H16O/c10-8-3-1-2-5-9-6-4-7-9/h8-9H,1-7H2. The van der Waals surface area contributed by atoms with E-state index in [1.54, 1.807) is 0 Å². The molecule has 0 aliphatic heterocycles. The lowest BCUT2D eigenvalue weighted by molar-refractivity contribution is -0.107. The van der Waals surface area contributed by atoms with Crippen molar-refractivity contribution < 1.29 is 4.79 Å². The number of carbonyl (C=O) groups excluding carboxylic acids is 1. The lowest BCUT2D eigenvalue weighted by Crippen LogP contribution is -2.10. The monoisotopic (exact) mass is 140 g/mol. The van der Waals surface area contributed by atoms with Crippen LogP contribution in [0, 0.1) is 5.92 Å². The molecule has 0 unspecified atom stereocenters. The van der Waals surface area contributed by atoms with Gasteiger partial charge in [0.05, 0.1) is 0 Å². The first-order valence-corrected chi connectivity index (χ1v) is 4.37. The molecule has 0 bridgehead atoms. The van der Waals surface area contributed by atoms with Crippen molar-refractivity contribution in [1.29, 1.82) is 0 Å². The Labute approximate surface area is 62.8 Å². The van der Waals surface area contributed by atoms with E-state index < -0.39 is 0 Å². The van der Waals surface area contributed by atoms with Gasteiger partial charge in [-0.05, 0) is 12.3 Å². The molecule has 1 rings (SSSR count). The molecule has 1 nitrogen and oxygen atoms in total. The third-order valence-corrected chi connectivity index (χ3v) is 2.41. The van der Waals surface area contributed by atoms with Crippen molar-refractivity contribution >= 4 is 6.29 Å². The van der Waals surface area contributed by atoms with Crippen LogP contribution in [0.5, 0.6) is 0 Å². The van der Waals surface area contributed by atoms with Crippen LogP contribution in [0.1, 0.15) is 44.9 Å². The summed E-state index contributed by atoms with van der Waals surface area (Å²) in [5.74, 6) is 1.02. The first-order valence-electron chi connectivity index (χ1n) is 4.37. The Balaban J connectivity index is 1.80. The maximum Gasteiger partial charge on any atom is 0.119 e. The number of carbonyl (C=O) groups is 1. The summed E-state index contributed by atoms with van der Waals surface area (Å²) in [4.78, 5) is 9.93. The highest BCUT2D eigenvalue weighted by atomic mass is 16.1. The van der Waals surface area contributed by atoms with E-state index >= 15 is 0 Å². The fraction of sp³-hybridized carbons (Fsp3) is 0.889. The van der Waals surface area contributed by atoms with Gasteiger partial charge in [-0.15, -0.1) is 0 Å². The summed E-state index contributed by atoms with van der Waals surface area (Å²) in [6, 6.07) is 0. The lowest BCUT2D eigenvalue weighted by atomic mass is 9.82. The molecule has 0 saturated heterocycles. The normalized spacial score (nSPS) is 18.4. The van der Waals surface area contributed by atoms with Crippen LogP contribution in [0.3, 0.4) is 0 Å². The fourth-order valence-electron chi connectivity index (χ4n) is 1.44. The smallest absolute Gasteiger partial charge is 0.119 e. The molecule has 0 radical (unpaired) electrons. The van der Waals surface area contributed by atoms with Crippen molar-refractivity contribution in [3.8, 4) is 0 Å². The van der Waals surface area contributed by atoms with Gasteiger partial charge in [0, 0.05) is 6.42 Å². The van der Waals surface area contributed by atoms with Crippen molar-refractivity contribution in [3.05, 3.63) is 0 Å². The zero-order chi connectivity index (χ0) is 7.23. The Morgan fingerprint density at radius 2 is 2.10 bits per heavy atom. The first-order chi connectivity index (χ1) is 4.93. The van der Waals surface area contributed by atoms with Gasteiger partial charge in [0.2, 0.25) is 0 Å². The second-order valence-electron chi connectivity index (χ2n) is 3.25. The number of unbranched alkanes of at least 4 members (excludes halogenated alkanes) is 2. The molecule has 0 heterocycles. The minimum absolute atomic E-state index is 0.771. The number of hydrogen-bond donors (Lipinski definition) is 0. The maximum atomic E-state index is 9.93. The second kappa shape index (κ2) is 4.48. The van der Waals surface area contributed by atoms with Gasteiger partial charge in [0.1, 0.15) is 6.29 Å². The van der Waals surface area contributed by atoms with Crippen molar-refractivity contribution in [3.63, 3.8) is 0 Å². The average molecular weight is 140 g/mol. The van der Waals surface area contributed by atoms with E-state index in [-0.39, 0.29) is 0 Å². The van der Waals surface area contributed by atoms with Gasteiger partial charge in [-0.3, -0.25) is 0 Å². The van der Waals surface area contributed by atoms with E-state index in [9.17, 15) is 4.79 Å². The second-order valence-corrected chi connectivity index (χ2v) is 3.25. The average Bonchev–Trinajstić information content (AvgIpc) is 1.84. The molecule has 1 heteroatoms. The van der Waals surface area contributed by atoms with Gasteiger partial charge in [0.15, 0.2) is 0 Å². The van der Waals surface area contributed by atoms with Crippen molar-refractivity contribution in [2.45, 2.75) is 44.9 Å². The largest absolute Gasteiger partial charge is 0.303 e. The van der Waals surface area contributed by atoms with E-state index in [2.05, 4.69) is 0 Å². The van der Waals surface area contributed by atoms with Gasteiger partial charge in [0.25, 0.3) is 0 Å². The summed E-state index contributed by atoms with van der Waals surface area (Å²) < 4.78 is 0. The Bertz CT molecular complexity index is 94.9. The summed E-state index contributed by atoms with van der Waals surface area (Å²) in [6.45, 7) is 0. The Kier molecular flexibility index (Phi) is 3.48. The van der Waals surface area contributed by atoms with Crippen molar-refractivity contribution in [2.24, 2.45) is 5.92 Å². The van der Waals surface area contributed by atoms with Crippen LogP contribution in [0.15, 0.2) is 0 Å². The topological polar surface area (TPSA) is 17.1 Å². The van der Waals surface area contributed by atoms with Crippen LogP contribution in [-0.4, -0.2) is 6.29 Å². The molecule has 0 aromatic rings. The first kappa shape index (κ1) is 7.77. The molecule has 0 N–H and O–H groups in total. The van der Waals surface area contributed by atoms with Gasteiger partial charge in [-0.1, -0.05) is 32.1 Å². The minimum atomic E-state index is 0.771. The predicted molar refractivity (Wildman–Crippen MR) is 41.9 cm³/mol. The Morgan fingerprint density at radius 1 is 1.30 bits per heavy atom. The van der Waals surface area contributed by atoms with Gasteiger partial charge >= 0.3 is 0 Å². The molecule has 0 atom stereocenters. The van der Waals surface area contributed by atoms with Crippen LogP contribution in [0.4, 0.5) is 0 Å². The molecule has 1 aliphatic rings. The lowest BCUT2D eigenvalue weighted by Gasteiger charge is -2.24. The Hall–Kier alpha value is -0.330. The molecule has 0 amide bonds. The molecule has 1 saturated carbocycles. The zero-order valence-electron chi connectivity index (χ0n) is 6.51. The van der Waals surface area contributed by atoms with E-state index in [4.69, 9.17) is 0 Å². The predicted octanol–water partition coefficient (Wildman–Crippen LogP) is 2.55. The highest BCUT2D eigenvalue weighted by Gasteiger charge is 2.15. The van der Waals surface area contributed by atoms with Crippen LogP contribution in [0.25, 0.3) is 0 Å². The molecule has 10 heavy (non-hydrogen) atoms. The number of aldehydes is 1. The zero-order valence-corrected chi connectivity index (χ0v) is 6.51. The van der Waals surface area contributed by atoms with E-state index in [0.29, 0.717) is 0 Å². The molecule has 0 aromatic heterocycles. The molecular formula is C9H16O. The molecule has 0 spiro atoms. The third kappa shape index (κ3) is 2.51. The molecule has 1 fully saturated rings. The van der Waals surface area contributed by atoms with Crippen molar-refractivity contribution in [1.82, 2.24) is 0 Å². The highest BCUT2D eigenvalue weighted by Crippen LogP contribution is 2.30. The van der Waals surface area contributed by atoms with Crippen LogP contribution < -0.4 is 0 Å². The van der Waals surface area contributed by atoms with Gasteiger partial charge in [-0.25, -0.2) is 0 Å². The SMILES string of the molecule is O=CCCCCC1CCC1. The number of rotatable bonds is 5. The van der Waals surface area contributed by atoms with E-state index in [0.717, 1.165) is 25.0 Å². The summed E-state index contributed by atoms with van der Waals surface area (Å²) >= 11 is 0. The summed E-state index contributed by atoms with van der Waals surface area (Å²) in [7, 11) is 0. The third-order valence-electron chi connectivity index (χ3n) is 2.41. The minimum Gasteiger partial charge on any atom is -0.303 e. The van der Waals surface area contributed by atoms with E-state index in [1.807, 2.05) is 0 Å². The quantitative estimate of drug-likeness (QED) is 0.423. The van der Waals surface area contributed by atoms with Crippen molar-refractivity contribution in [2.75, 3.05) is 0 Å². The number of hydrogen-bond acceptors (Lipinski definition) is 1. The molecule has 58 valence electrons. The van der Waals surface area contributed by atoms with Crippen LogP contribution >= 0.6 is 0 Å². The summed E-state index contributed by atoms with van der Waals surface area (Å²) in [5.41, 5.74) is 0. The van der Waals surface area contributed by atoms with Gasteiger partial charge < -0.3 is 4.79 Å². The summed E-state index contributed by atoms with van der Waals surface area (Å²) in [6.07, 6.45) is 9.88. The van der Waals surface area contributed by atoms with Gasteiger partial charge in [-0.2, -0.15) is 0 Å². The van der Waals surface area contributed by atoms with E-state index in [1.165, 1.54) is 32.1 Å². The highest BCUT2D eigenvalue weighted by molar-refractivity contribution is 5.48. The summed E-state index contributed by atoms with van der Waals surface area (Å²) in [5, 5.41) is 0. The fourth-order valence-corrected chi connectivity index (χ4v) is 1.44. The molecule has 1 aliphatic carbocycles. The van der Waals surface area contributed by atoms with Crippen LogP contribution in [0.2, 0.25) is 0 Å². The maximum absolute atomic E-state index is 9.93. The van der Waals surface area contributed by atoms with Crippen LogP contribution in [-0.2, 0) is 4.79 Å². The molecular weight excluding hydrogens is 124 g/mol. The Morgan fingerprint density at radius 3 is 2.60 bits per heavy atom. The molecule has 0 aromatic carbocycles.